The van der Waals surface area contributed by atoms with Gasteiger partial charge in [0.2, 0.25) is 0 Å². The van der Waals surface area contributed by atoms with Crippen LogP contribution in [0.3, 0.4) is 0 Å². The van der Waals surface area contributed by atoms with Crippen molar-refractivity contribution in [3.63, 3.8) is 0 Å². The summed E-state index contributed by atoms with van der Waals surface area (Å²) in [5, 5.41) is 9.37. The monoisotopic (exact) mass is 214 g/mol. The average molecular weight is 214 g/mol. The molecule has 92 valence electrons. The van der Waals surface area contributed by atoms with E-state index in [-0.39, 0.29) is 0 Å². The van der Waals surface area contributed by atoms with Gasteiger partial charge in [0.15, 0.2) is 0 Å². The molecule has 1 nitrogen and oxygen atoms in total. The molecule has 0 saturated carbocycles. The van der Waals surface area contributed by atoms with Gasteiger partial charge in [-0.3, -0.25) is 0 Å². The van der Waals surface area contributed by atoms with Crippen LogP contribution in [0, 0.1) is 17.8 Å². The molecule has 0 aromatic heterocycles. The van der Waals surface area contributed by atoms with Gasteiger partial charge in [-0.2, -0.15) is 0 Å². The van der Waals surface area contributed by atoms with Crippen molar-refractivity contribution in [3.05, 3.63) is 0 Å². The molecule has 3 unspecified atom stereocenters. The minimum absolute atomic E-state index is 0.375. The summed E-state index contributed by atoms with van der Waals surface area (Å²) >= 11 is 0. The van der Waals surface area contributed by atoms with E-state index in [1.54, 1.807) is 0 Å². The Morgan fingerprint density at radius 3 is 1.93 bits per heavy atom. The quantitative estimate of drug-likeness (QED) is 0.608. The normalized spacial score (nSPS) is 17.4. The third-order valence-corrected chi connectivity index (χ3v) is 3.59. The van der Waals surface area contributed by atoms with Crippen molar-refractivity contribution >= 4 is 0 Å². The van der Waals surface area contributed by atoms with Gasteiger partial charge in [0.05, 0.1) is 0 Å². The predicted molar refractivity (Wildman–Crippen MR) is 68.0 cm³/mol. The summed E-state index contributed by atoms with van der Waals surface area (Å²) in [6.45, 7) is 9.47. The average Bonchev–Trinajstić information content (AvgIpc) is 2.19. The van der Waals surface area contributed by atoms with Gasteiger partial charge in [-0.15, -0.1) is 0 Å². The molecule has 0 fully saturated rings. The molecule has 0 radical (unpaired) electrons. The van der Waals surface area contributed by atoms with E-state index in [1.807, 2.05) is 0 Å². The van der Waals surface area contributed by atoms with E-state index in [0.717, 1.165) is 5.92 Å². The first-order valence-electron chi connectivity index (χ1n) is 6.76. The lowest BCUT2D eigenvalue weighted by Crippen LogP contribution is -2.17. The molecule has 0 amide bonds. The molecule has 0 bridgehead atoms. The SMILES string of the molecule is CCCC(C)CCC(CO)C(C)CCC. The van der Waals surface area contributed by atoms with Crippen molar-refractivity contribution in [2.45, 2.75) is 66.2 Å². The van der Waals surface area contributed by atoms with Crippen LogP contribution in [0.15, 0.2) is 0 Å². The van der Waals surface area contributed by atoms with Crippen LogP contribution in [0.5, 0.6) is 0 Å². The zero-order chi connectivity index (χ0) is 11.7. The molecule has 0 aromatic rings. The predicted octanol–water partition coefficient (Wildman–Crippen LogP) is 4.25. The van der Waals surface area contributed by atoms with Crippen molar-refractivity contribution in [1.82, 2.24) is 0 Å². The summed E-state index contributed by atoms with van der Waals surface area (Å²) in [4.78, 5) is 0. The van der Waals surface area contributed by atoms with Crippen LogP contribution in [0.1, 0.15) is 66.2 Å². The molecule has 0 aliphatic carbocycles. The highest BCUT2D eigenvalue weighted by Crippen LogP contribution is 2.24. The lowest BCUT2D eigenvalue weighted by Gasteiger charge is -2.23. The van der Waals surface area contributed by atoms with Gasteiger partial charge < -0.3 is 5.11 Å². The second-order valence-corrected chi connectivity index (χ2v) is 5.18. The Bertz CT molecular complexity index is 133. The zero-order valence-corrected chi connectivity index (χ0v) is 11.1. The van der Waals surface area contributed by atoms with E-state index in [4.69, 9.17) is 0 Å². The standard InChI is InChI=1S/C14H30O/c1-5-7-12(3)9-10-14(11-15)13(4)8-6-2/h12-15H,5-11H2,1-4H3. The van der Waals surface area contributed by atoms with Crippen molar-refractivity contribution in [2.75, 3.05) is 6.61 Å². The molecule has 15 heavy (non-hydrogen) atoms. The smallest absolute Gasteiger partial charge is 0.0461 e. The fraction of sp³-hybridized carbons (Fsp3) is 1.00. The molecule has 0 aliphatic heterocycles. The first-order chi connectivity index (χ1) is 7.15. The molecule has 1 heteroatoms. The Balaban J connectivity index is 3.78. The first-order valence-corrected chi connectivity index (χ1v) is 6.76. The molecular formula is C14H30O. The zero-order valence-electron chi connectivity index (χ0n) is 11.1. The summed E-state index contributed by atoms with van der Waals surface area (Å²) < 4.78 is 0. The Morgan fingerprint density at radius 1 is 0.867 bits per heavy atom. The lowest BCUT2D eigenvalue weighted by molar-refractivity contribution is 0.160. The molecule has 0 heterocycles. The summed E-state index contributed by atoms with van der Waals surface area (Å²) in [7, 11) is 0. The Morgan fingerprint density at radius 2 is 1.47 bits per heavy atom. The van der Waals surface area contributed by atoms with E-state index in [2.05, 4.69) is 27.7 Å². The Labute approximate surface area is 96.3 Å². The van der Waals surface area contributed by atoms with Gasteiger partial charge in [0.1, 0.15) is 0 Å². The fourth-order valence-electron chi connectivity index (χ4n) is 2.38. The highest BCUT2D eigenvalue weighted by Gasteiger charge is 2.16. The molecule has 3 atom stereocenters. The largest absolute Gasteiger partial charge is 0.396 e. The maximum atomic E-state index is 9.37. The topological polar surface area (TPSA) is 20.2 Å². The maximum absolute atomic E-state index is 9.37. The van der Waals surface area contributed by atoms with Gasteiger partial charge in [0, 0.05) is 6.61 Å². The van der Waals surface area contributed by atoms with Crippen molar-refractivity contribution in [3.8, 4) is 0 Å². The van der Waals surface area contributed by atoms with Crippen LogP contribution in [0.4, 0.5) is 0 Å². The Hall–Kier alpha value is -0.0400. The molecule has 0 aromatic carbocycles. The van der Waals surface area contributed by atoms with Crippen LogP contribution < -0.4 is 0 Å². The van der Waals surface area contributed by atoms with Crippen LogP contribution in [-0.4, -0.2) is 11.7 Å². The van der Waals surface area contributed by atoms with E-state index >= 15 is 0 Å². The third-order valence-electron chi connectivity index (χ3n) is 3.59. The minimum atomic E-state index is 0.375. The minimum Gasteiger partial charge on any atom is -0.396 e. The summed E-state index contributed by atoms with van der Waals surface area (Å²) in [5.41, 5.74) is 0. The molecule has 0 spiro atoms. The second-order valence-electron chi connectivity index (χ2n) is 5.18. The Kier molecular flexibility index (Phi) is 9.18. The number of aliphatic hydroxyl groups excluding tert-OH is 1. The van der Waals surface area contributed by atoms with E-state index in [0.29, 0.717) is 18.4 Å². The van der Waals surface area contributed by atoms with Gasteiger partial charge in [-0.25, -0.2) is 0 Å². The van der Waals surface area contributed by atoms with E-state index in [9.17, 15) is 5.11 Å². The molecule has 0 aliphatic rings. The summed E-state index contributed by atoms with van der Waals surface area (Å²) in [5.74, 6) is 2.05. The van der Waals surface area contributed by atoms with Gasteiger partial charge in [0.25, 0.3) is 0 Å². The highest BCUT2D eigenvalue weighted by molar-refractivity contribution is 4.67. The second kappa shape index (κ2) is 9.21. The number of aliphatic hydroxyl groups is 1. The molecule has 0 saturated heterocycles. The molecular weight excluding hydrogens is 184 g/mol. The van der Waals surface area contributed by atoms with Gasteiger partial charge >= 0.3 is 0 Å². The fourth-order valence-corrected chi connectivity index (χ4v) is 2.38. The van der Waals surface area contributed by atoms with Crippen molar-refractivity contribution < 1.29 is 5.11 Å². The van der Waals surface area contributed by atoms with Crippen molar-refractivity contribution in [1.29, 1.82) is 0 Å². The van der Waals surface area contributed by atoms with E-state index in [1.165, 1.54) is 38.5 Å². The lowest BCUT2D eigenvalue weighted by atomic mass is 9.85. The van der Waals surface area contributed by atoms with Crippen LogP contribution in [-0.2, 0) is 0 Å². The first kappa shape index (κ1) is 15.0. The third kappa shape index (κ3) is 6.94. The van der Waals surface area contributed by atoms with Crippen LogP contribution in [0.25, 0.3) is 0 Å². The summed E-state index contributed by atoms with van der Waals surface area (Å²) in [6.07, 6.45) is 7.61. The maximum Gasteiger partial charge on any atom is 0.0461 e. The van der Waals surface area contributed by atoms with Gasteiger partial charge in [-0.05, 0) is 24.2 Å². The van der Waals surface area contributed by atoms with Gasteiger partial charge in [-0.1, -0.05) is 59.8 Å². The molecule has 0 rings (SSSR count). The van der Waals surface area contributed by atoms with Crippen LogP contribution in [0.2, 0.25) is 0 Å². The number of hydrogen-bond donors (Lipinski definition) is 1. The highest BCUT2D eigenvalue weighted by atomic mass is 16.3. The number of rotatable bonds is 9. The number of hydrogen-bond acceptors (Lipinski definition) is 1. The van der Waals surface area contributed by atoms with Crippen LogP contribution >= 0.6 is 0 Å². The molecule has 1 N–H and O–H groups in total. The summed E-state index contributed by atoms with van der Waals surface area (Å²) in [6, 6.07) is 0. The van der Waals surface area contributed by atoms with E-state index < -0.39 is 0 Å². The van der Waals surface area contributed by atoms with Crippen molar-refractivity contribution in [2.24, 2.45) is 17.8 Å².